The fourth-order valence-electron chi connectivity index (χ4n) is 2.51. The molecule has 2 amide bonds. The number of rotatable bonds is 4. The molecule has 7 nitrogen and oxygen atoms in total. The van der Waals surface area contributed by atoms with Gasteiger partial charge in [-0.05, 0) is 24.3 Å². The second-order valence-corrected chi connectivity index (χ2v) is 5.49. The molecule has 0 saturated heterocycles. The molecule has 0 aliphatic carbocycles. The van der Waals surface area contributed by atoms with Crippen LogP contribution in [0.25, 0.3) is 10.8 Å². The van der Waals surface area contributed by atoms with Crippen molar-refractivity contribution in [2.45, 2.75) is 13.5 Å². The first-order valence-electron chi connectivity index (χ1n) is 7.67. The summed E-state index contributed by atoms with van der Waals surface area (Å²) in [5, 5.41) is 13.1. The van der Waals surface area contributed by atoms with Gasteiger partial charge in [-0.25, -0.2) is 5.10 Å². The molecule has 1 heterocycles. The van der Waals surface area contributed by atoms with Gasteiger partial charge < -0.3 is 10.6 Å². The van der Waals surface area contributed by atoms with Crippen LogP contribution in [0.3, 0.4) is 0 Å². The number of H-pyrrole nitrogens is 1. The summed E-state index contributed by atoms with van der Waals surface area (Å²) in [5.41, 5.74) is 1.27. The molecule has 25 heavy (non-hydrogen) atoms. The zero-order valence-corrected chi connectivity index (χ0v) is 13.5. The van der Waals surface area contributed by atoms with Crippen molar-refractivity contribution in [2.75, 3.05) is 5.32 Å². The predicted molar refractivity (Wildman–Crippen MR) is 94.3 cm³/mol. The highest BCUT2D eigenvalue weighted by molar-refractivity contribution is 5.97. The van der Waals surface area contributed by atoms with E-state index in [1.165, 1.54) is 6.92 Å². The maximum atomic E-state index is 12.3. The summed E-state index contributed by atoms with van der Waals surface area (Å²) in [6, 6.07) is 13.7. The first-order chi connectivity index (χ1) is 12.0. The van der Waals surface area contributed by atoms with Crippen LogP contribution in [0.15, 0.2) is 53.3 Å². The average Bonchev–Trinajstić information content (AvgIpc) is 2.61. The Morgan fingerprint density at radius 2 is 1.84 bits per heavy atom. The van der Waals surface area contributed by atoms with Gasteiger partial charge in [-0.1, -0.05) is 24.3 Å². The number of nitrogens with zero attached hydrogens (tertiary/aromatic N) is 1. The Labute approximate surface area is 143 Å². The lowest BCUT2D eigenvalue weighted by molar-refractivity contribution is -0.114. The van der Waals surface area contributed by atoms with Crippen LogP contribution in [0.1, 0.15) is 23.0 Å². The molecular formula is C18H16N4O3. The van der Waals surface area contributed by atoms with Crippen molar-refractivity contribution in [3.8, 4) is 0 Å². The van der Waals surface area contributed by atoms with Gasteiger partial charge in [-0.2, -0.15) is 5.10 Å². The van der Waals surface area contributed by atoms with Crippen molar-refractivity contribution in [2.24, 2.45) is 0 Å². The van der Waals surface area contributed by atoms with Gasteiger partial charge in [0.1, 0.15) is 0 Å². The summed E-state index contributed by atoms with van der Waals surface area (Å²) in [6.45, 7) is 1.57. The highest BCUT2D eigenvalue weighted by atomic mass is 16.2. The van der Waals surface area contributed by atoms with Gasteiger partial charge in [-0.15, -0.1) is 0 Å². The lowest BCUT2D eigenvalue weighted by atomic mass is 10.1. The molecule has 3 rings (SSSR count). The number of amides is 2. The van der Waals surface area contributed by atoms with Crippen molar-refractivity contribution < 1.29 is 9.59 Å². The molecule has 0 atom stereocenters. The third-order valence-electron chi connectivity index (χ3n) is 3.64. The van der Waals surface area contributed by atoms with E-state index in [0.717, 1.165) is 0 Å². The van der Waals surface area contributed by atoms with E-state index in [4.69, 9.17) is 0 Å². The maximum Gasteiger partial charge on any atom is 0.272 e. The Balaban J connectivity index is 1.78. The van der Waals surface area contributed by atoms with E-state index < -0.39 is 0 Å². The molecule has 2 aromatic carbocycles. The van der Waals surface area contributed by atoms with E-state index in [-0.39, 0.29) is 23.9 Å². The monoisotopic (exact) mass is 336 g/mol. The molecule has 0 saturated carbocycles. The number of fused-ring (bicyclic) bond motifs is 1. The third kappa shape index (κ3) is 3.72. The number of carbonyl (C=O) groups is 2. The quantitative estimate of drug-likeness (QED) is 0.676. The first-order valence-corrected chi connectivity index (χ1v) is 7.67. The smallest absolute Gasteiger partial charge is 0.272 e. The minimum Gasteiger partial charge on any atom is -0.346 e. The second kappa shape index (κ2) is 6.96. The molecule has 0 fully saturated rings. The van der Waals surface area contributed by atoms with Crippen LogP contribution in [0.4, 0.5) is 5.69 Å². The summed E-state index contributed by atoms with van der Waals surface area (Å²) >= 11 is 0. The number of hydrogen-bond donors (Lipinski definition) is 3. The van der Waals surface area contributed by atoms with Gasteiger partial charge in [0.15, 0.2) is 0 Å². The summed E-state index contributed by atoms with van der Waals surface area (Å²) in [7, 11) is 0. The molecule has 0 spiro atoms. The molecule has 3 aromatic rings. The summed E-state index contributed by atoms with van der Waals surface area (Å²) in [4.78, 5) is 35.2. The minimum absolute atomic E-state index is 0.167. The van der Waals surface area contributed by atoms with Gasteiger partial charge in [-0.3, -0.25) is 14.4 Å². The minimum atomic E-state index is -0.302. The van der Waals surface area contributed by atoms with Crippen LogP contribution >= 0.6 is 0 Å². The van der Waals surface area contributed by atoms with Crippen LogP contribution in [0, 0.1) is 0 Å². The van der Waals surface area contributed by atoms with Gasteiger partial charge in [0, 0.05) is 23.6 Å². The number of carbonyl (C=O) groups excluding carboxylic acids is 2. The van der Waals surface area contributed by atoms with Crippen molar-refractivity contribution in [1.82, 2.24) is 15.5 Å². The fourth-order valence-corrected chi connectivity index (χ4v) is 2.51. The SMILES string of the molecule is CC(=O)Nc1cccc(C(=O)NCc2n[nH]c(=O)c3ccccc23)c1. The van der Waals surface area contributed by atoms with Gasteiger partial charge in [0.05, 0.1) is 17.6 Å². The average molecular weight is 336 g/mol. The molecule has 126 valence electrons. The zero-order chi connectivity index (χ0) is 17.8. The van der Waals surface area contributed by atoms with Gasteiger partial charge >= 0.3 is 0 Å². The maximum absolute atomic E-state index is 12.3. The third-order valence-corrected chi connectivity index (χ3v) is 3.64. The first kappa shape index (κ1) is 16.4. The van der Waals surface area contributed by atoms with E-state index in [0.29, 0.717) is 27.7 Å². The predicted octanol–water partition coefficient (Wildman–Crippen LogP) is 1.81. The van der Waals surface area contributed by atoms with E-state index in [1.807, 2.05) is 6.07 Å². The van der Waals surface area contributed by atoms with Crippen LogP contribution in [0.2, 0.25) is 0 Å². The molecular weight excluding hydrogens is 320 g/mol. The number of nitrogens with one attached hydrogen (secondary N) is 3. The van der Waals surface area contributed by atoms with Crippen LogP contribution in [-0.4, -0.2) is 22.0 Å². The van der Waals surface area contributed by atoms with E-state index in [9.17, 15) is 14.4 Å². The molecule has 0 aliphatic heterocycles. The van der Waals surface area contributed by atoms with E-state index in [2.05, 4.69) is 20.8 Å². The normalized spacial score (nSPS) is 10.4. The Morgan fingerprint density at radius 1 is 1.08 bits per heavy atom. The summed E-state index contributed by atoms with van der Waals surface area (Å²) < 4.78 is 0. The van der Waals surface area contributed by atoms with Gasteiger partial charge in [0.25, 0.3) is 11.5 Å². The highest BCUT2D eigenvalue weighted by Crippen LogP contribution is 2.13. The van der Waals surface area contributed by atoms with Crippen molar-refractivity contribution in [3.05, 3.63) is 70.1 Å². The van der Waals surface area contributed by atoms with E-state index in [1.54, 1.807) is 42.5 Å². The molecule has 0 unspecified atom stereocenters. The Hall–Kier alpha value is -3.48. The lowest BCUT2D eigenvalue weighted by Gasteiger charge is -2.08. The highest BCUT2D eigenvalue weighted by Gasteiger charge is 2.10. The molecule has 7 heteroatoms. The molecule has 3 N–H and O–H groups in total. The van der Waals surface area contributed by atoms with Gasteiger partial charge in [0.2, 0.25) is 5.91 Å². The molecule has 0 aliphatic rings. The summed E-state index contributed by atoms with van der Waals surface area (Å²) in [6.07, 6.45) is 0. The Bertz CT molecular complexity index is 1010. The Kier molecular flexibility index (Phi) is 4.56. The largest absolute Gasteiger partial charge is 0.346 e. The molecule has 1 aromatic heterocycles. The van der Waals surface area contributed by atoms with Crippen LogP contribution < -0.4 is 16.2 Å². The lowest BCUT2D eigenvalue weighted by Crippen LogP contribution is -2.24. The zero-order valence-electron chi connectivity index (χ0n) is 13.5. The Morgan fingerprint density at radius 3 is 2.60 bits per heavy atom. The van der Waals surface area contributed by atoms with Crippen molar-refractivity contribution >= 4 is 28.3 Å². The van der Waals surface area contributed by atoms with Crippen molar-refractivity contribution in [1.29, 1.82) is 0 Å². The second-order valence-electron chi connectivity index (χ2n) is 5.49. The topological polar surface area (TPSA) is 104 Å². The molecule has 0 radical (unpaired) electrons. The number of benzene rings is 2. The standard InChI is InChI=1S/C18H16N4O3/c1-11(23)20-13-6-4-5-12(9-13)17(24)19-10-16-14-7-2-3-8-15(14)18(25)22-21-16/h2-9H,10H2,1H3,(H,19,24)(H,20,23)(H,22,25). The van der Waals surface area contributed by atoms with Crippen LogP contribution in [-0.2, 0) is 11.3 Å². The van der Waals surface area contributed by atoms with E-state index >= 15 is 0 Å². The van der Waals surface area contributed by atoms with Crippen LogP contribution in [0.5, 0.6) is 0 Å². The number of hydrogen-bond acceptors (Lipinski definition) is 4. The summed E-state index contributed by atoms with van der Waals surface area (Å²) in [5.74, 6) is -0.509. The molecule has 0 bridgehead atoms. The number of anilines is 1. The number of aromatic amines is 1. The fraction of sp³-hybridized carbons (Fsp3) is 0.111. The number of aromatic nitrogens is 2. The van der Waals surface area contributed by atoms with Crippen molar-refractivity contribution in [3.63, 3.8) is 0 Å².